The first-order chi connectivity index (χ1) is 8.17. The van der Waals surface area contributed by atoms with Gasteiger partial charge in [0.25, 0.3) is 0 Å². The summed E-state index contributed by atoms with van der Waals surface area (Å²) in [6, 6.07) is 4.23. The summed E-state index contributed by atoms with van der Waals surface area (Å²) < 4.78 is 7.98. The van der Waals surface area contributed by atoms with Crippen molar-refractivity contribution >= 4 is 5.65 Å². The lowest BCUT2D eigenvalue weighted by molar-refractivity contribution is -0.0963. The van der Waals surface area contributed by atoms with E-state index in [9.17, 15) is 0 Å². The molecular formula is C13H17N3O. The fraction of sp³-hybridized carbons (Fsp3) is 0.462. The van der Waals surface area contributed by atoms with Gasteiger partial charge in [0.1, 0.15) is 11.2 Å². The fourth-order valence-corrected chi connectivity index (χ4v) is 2.48. The molecule has 3 heterocycles. The summed E-state index contributed by atoms with van der Waals surface area (Å²) in [5.41, 5.74) is 1.95. The summed E-state index contributed by atoms with van der Waals surface area (Å²) in [7, 11) is 2.13. The van der Waals surface area contributed by atoms with E-state index in [-0.39, 0.29) is 5.60 Å². The van der Waals surface area contributed by atoms with Crippen LogP contribution in [0.2, 0.25) is 0 Å². The molecule has 1 fully saturated rings. The first kappa shape index (κ1) is 10.7. The Balaban J connectivity index is 2.01. The van der Waals surface area contributed by atoms with E-state index < -0.39 is 0 Å². The molecule has 2 aromatic rings. The number of ether oxygens (including phenoxy) is 1. The minimum absolute atomic E-state index is 0.222. The Bertz CT molecular complexity index is 536. The maximum Gasteiger partial charge on any atom is 0.137 e. The average molecular weight is 231 g/mol. The van der Waals surface area contributed by atoms with Gasteiger partial charge < -0.3 is 14.0 Å². The molecule has 0 aliphatic carbocycles. The van der Waals surface area contributed by atoms with Gasteiger partial charge >= 0.3 is 0 Å². The monoisotopic (exact) mass is 231 g/mol. The largest absolute Gasteiger partial charge is 0.368 e. The van der Waals surface area contributed by atoms with Gasteiger partial charge in [0, 0.05) is 31.7 Å². The molecule has 17 heavy (non-hydrogen) atoms. The molecule has 1 aliphatic heterocycles. The van der Waals surface area contributed by atoms with Crippen LogP contribution in [0.5, 0.6) is 0 Å². The minimum Gasteiger partial charge on any atom is -0.368 e. The van der Waals surface area contributed by atoms with Gasteiger partial charge in [-0.25, -0.2) is 4.98 Å². The molecule has 0 amide bonds. The molecule has 1 unspecified atom stereocenters. The highest BCUT2D eigenvalue weighted by atomic mass is 16.5. The highest BCUT2D eigenvalue weighted by Crippen LogP contribution is 2.29. The minimum atomic E-state index is -0.222. The maximum atomic E-state index is 5.97. The molecule has 0 bridgehead atoms. The molecule has 0 radical (unpaired) electrons. The van der Waals surface area contributed by atoms with Crippen molar-refractivity contribution in [3.8, 4) is 0 Å². The molecule has 1 saturated heterocycles. The van der Waals surface area contributed by atoms with E-state index in [1.807, 2.05) is 23.0 Å². The van der Waals surface area contributed by atoms with Gasteiger partial charge in [0.15, 0.2) is 0 Å². The lowest BCUT2D eigenvalue weighted by atomic mass is 9.95. The number of hydrogen-bond donors (Lipinski definition) is 0. The molecule has 90 valence electrons. The normalized spacial score (nSPS) is 26.5. The Labute approximate surface area is 101 Å². The predicted octanol–water partition coefficient (Wildman–Crippen LogP) is 1.51. The van der Waals surface area contributed by atoms with Gasteiger partial charge in [-0.1, -0.05) is 0 Å². The molecule has 4 heteroatoms. The van der Waals surface area contributed by atoms with Crippen molar-refractivity contribution in [2.45, 2.75) is 12.5 Å². The van der Waals surface area contributed by atoms with Crippen LogP contribution < -0.4 is 0 Å². The van der Waals surface area contributed by atoms with Crippen LogP contribution in [0.25, 0.3) is 5.65 Å². The summed E-state index contributed by atoms with van der Waals surface area (Å²) in [6.07, 6.45) is 5.81. The Morgan fingerprint density at radius 1 is 1.41 bits per heavy atom. The number of hydrogen-bond acceptors (Lipinski definition) is 3. The summed E-state index contributed by atoms with van der Waals surface area (Å²) >= 11 is 0. The van der Waals surface area contributed by atoms with Crippen molar-refractivity contribution in [1.82, 2.24) is 14.3 Å². The van der Waals surface area contributed by atoms with Crippen molar-refractivity contribution in [1.29, 1.82) is 0 Å². The number of nitrogens with zero attached hydrogens (tertiary/aromatic N) is 3. The second-order valence-electron chi connectivity index (χ2n) is 4.93. The van der Waals surface area contributed by atoms with E-state index in [2.05, 4.69) is 36.0 Å². The quantitative estimate of drug-likeness (QED) is 0.745. The second kappa shape index (κ2) is 3.82. The zero-order valence-electron chi connectivity index (χ0n) is 10.3. The van der Waals surface area contributed by atoms with Gasteiger partial charge in [-0.05, 0) is 31.7 Å². The van der Waals surface area contributed by atoms with Gasteiger partial charge in [0.05, 0.1) is 6.61 Å². The Morgan fingerprint density at radius 3 is 3.12 bits per heavy atom. The van der Waals surface area contributed by atoms with E-state index in [0.717, 1.165) is 25.3 Å². The predicted molar refractivity (Wildman–Crippen MR) is 66.0 cm³/mol. The Morgan fingerprint density at radius 2 is 2.29 bits per heavy atom. The van der Waals surface area contributed by atoms with Crippen LogP contribution in [-0.4, -0.2) is 41.0 Å². The number of likely N-dealkylation sites (N-methyl/N-ethyl adjacent to an activating group) is 1. The number of fused-ring (bicyclic) bond motifs is 1. The first-order valence-corrected chi connectivity index (χ1v) is 5.93. The highest BCUT2D eigenvalue weighted by Gasteiger charge is 2.32. The van der Waals surface area contributed by atoms with Crippen LogP contribution in [0.3, 0.4) is 0 Å². The molecule has 3 rings (SSSR count). The van der Waals surface area contributed by atoms with E-state index in [4.69, 9.17) is 4.74 Å². The number of aromatic nitrogens is 2. The molecule has 4 nitrogen and oxygen atoms in total. The summed E-state index contributed by atoms with van der Waals surface area (Å²) in [5, 5.41) is 0. The highest BCUT2D eigenvalue weighted by molar-refractivity contribution is 5.43. The smallest absolute Gasteiger partial charge is 0.137 e. The number of imidazole rings is 1. The Kier molecular flexibility index (Phi) is 2.42. The van der Waals surface area contributed by atoms with Gasteiger partial charge in [-0.2, -0.15) is 0 Å². The van der Waals surface area contributed by atoms with Crippen LogP contribution in [0.15, 0.2) is 30.7 Å². The van der Waals surface area contributed by atoms with Crippen LogP contribution >= 0.6 is 0 Å². The first-order valence-electron chi connectivity index (χ1n) is 5.93. The van der Waals surface area contributed by atoms with E-state index in [1.165, 1.54) is 5.56 Å². The van der Waals surface area contributed by atoms with Crippen LogP contribution in [0, 0.1) is 0 Å². The molecule has 2 aromatic heterocycles. The topological polar surface area (TPSA) is 29.8 Å². The van der Waals surface area contributed by atoms with Gasteiger partial charge in [-0.3, -0.25) is 0 Å². The average Bonchev–Trinajstić information content (AvgIpc) is 2.75. The zero-order valence-corrected chi connectivity index (χ0v) is 10.3. The molecule has 1 atom stereocenters. The summed E-state index contributed by atoms with van der Waals surface area (Å²) in [5.74, 6) is 0. The number of pyridine rings is 1. The SMILES string of the molecule is CN1CCOC(C)(c2ccn3ccnc3c2)C1. The summed E-state index contributed by atoms with van der Waals surface area (Å²) in [6.45, 7) is 4.86. The Hall–Kier alpha value is -1.39. The van der Waals surface area contributed by atoms with Crippen molar-refractivity contribution < 1.29 is 4.74 Å². The second-order valence-corrected chi connectivity index (χ2v) is 4.93. The van der Waals surface area contributed by atoms with E-state index in [1.54, 1.807) is 0 Å². The molecular weight excluding hydrogens is 214 g/mol. The van der Waals surface area contributed by atoms with Crippen LogP contribution in [-0.2, 0) is 10.3 Å². The van der Waals surface area contributed by atoms with Crippen LogP contribution in [0.1, 0.15) is 12.5 Å². The van der Waals surface area contributed by atoms with Gasteiger partial charge in [0.2, 0.25) is 0 Å². The molecule has 0 N–H and O–H groups in total. The third kappa shape index (κ3) is 1.83. The van der Waals surface area contributed by atoms with Crippen LogP contribution in [0.4, 0.5) is 0 Å². The molecule has 0 aromatic carbocycles. The zero-order chi connectivity index (χ0) is 11.9. The maximum absolute atomic E-state index is 5.97. The third-order valence-electron chi connectivity index (χ3n) is 3.47. The number of rotatable bonds is 1. The molecule has 1 aliphatic rings. The van der Waals surface area contributed by atoms with E-state index >= 15 is 0 Å². The van der Waals surface area contributed by atoms with Crippen molar-refractivity contribution in [2.75, 3.05) is 26.7 Å². The molecule has 0 spiro atoms. The summed E-state index contributed by atoms with van der Waals surface area (Å²) in [4.78, 5) is 6.62. The van der Waals surface area contributed by atoms with Gasteiger partial charge in [-0.15, -0.1) is 0 Å². The lowest BCUT2D eigenvalue weighted by Gasteiger charge is -2.39. The fourth-order valence-electron chi connectivity index (χ4n) is 2.48. The van der Waals surface area contributed by atoms with Crippen molar-refractivity contribution in [3.05, 3.63) is 36.3 Å². The standard InChI is InChI=1S/C13H17N3O/c1-13(10-15(2)7-8-17-13)11-3-5-16-6-4-14-12(16)9-11/h3-6,9H,7-8,10H2,1-2H3. The molecule has 0 saturated carbocycles. The van der Waals surface area contributed by atoms with Crippen molar-refractivity contribution in [2.24, 2.45) is 0 Å². The number of morpholine rings is 1. The lowest BCUT2D eigenvalue weighted by Crippen LogP contribution is -2.46. The van der Waals surface area contributed by atoms with Crippen molar-refractivity contribution in [3.63, 3.8) is 0 Å². The van der Waals surface area contributed by atoms with E-state index in [0.29, 0.717) is 0 Å². The third-order valence-corrected chi connectivity index (χ3v) is 3.47.